The Hall–Kier alpha value is -9.68. The first-order valence-corrected chi connectivity index (χ1v) is 27.1. The third-order valence-corrected chi connectivity index (χ3v) is 17.6. The Morgan fingerprint density at radius 3 is 1.24 bits per heavy atom. The summed E-state index contributed by atoms with van der Waals surface area (Å²) in [6.45, 7) is 0.560. The van der Waals surface area contributed by atoms with Crippen molar-refractivity contribution in [2.24, 2.45) is 100 Å². The number of carbonyl (C=O) groups excluding carboxylic acids is 9. The van der Waals surface area contributed by atoms with Crippen LogP contribution in [0.2, 0.25) is 0 Å². The van der Waals surface area contributed by atoms with Gasteiger partial charge in [-0.15, -0.1) is 0 Å². The van der Waals surface area contributed by atoms with Crippen LogP contribution in [0.15, 0.2) is 134 Å². The molecule has 0 aromatic heterocycles. The zero-order chi connectivity index (χ0) is 58.5. The molecular formula is C60H53N5O19. The van der Waals surface area contributed by atoms with Gasteiger partial charge < -0.3 is 49.9 Å². The zero-order valence-electron chi connectivity index (χ0n) is 44.0. The number of aliphatic carboxylic acids is 1. The van der Waals surface area contributed by atoms with Crippen LogP contribution in [0.5, 0.6) is 23.0 Å². The molecule has 432 valence electrons. The van der Waals surface area contributed by atoms with Crippen LogP contribution >= 0.6 is 0 Å². The lowest BCUT2D eigenvalue weighted by atomic mass is 9.53. The van der Waals surface area contributed by atoms with Crippen LogP contribution in [-0.4, -0.2) is 91.0 Å². The van der Waals surface area contributed by atoms with Crippen molar-refractivity contribution in [2.45, 2.75) is 12.2 Å². The Bertz CT molecular complexity index is 3410. The molecule has 2 aliphatic heterocycles. The third kappa shape index (κ3) is 10.0. The summed E-state index contributed by atoms with van der Waals surface area (Å²) in [5, 5.41) is 16.2. The second-order valence-corrected chi connectivity index (χ2v) is 21.9. The number of amides is 3. The average molecular weight is 1150 g/mol. The van der Waals surface area contributed by atoms with E-state index in [1.54, 1.807) is 127 Å². The van der Waals surface area contributed by atoms with Gasteiger partial charge in [0.05, 0.1) is 71.9 Å². The Balaban J connectivity index is 0.608. The molecule has 18 atom stereocenters. The smallest absolute Gasteiger partial charge is 0.318 e. The van der Waals surface area contributed by atoms with E-state index in [1.165, 1.54) is 0 Å². The predicted molar refractivity (Wildman–Crippen MR) is 286 cm³/mol. The van der Waals surface area contributed by atoms with Crippen LogP contribution in [-0.2, 0) is 76.6 Å². The first-order chi connectivity index (χ1) is 40.7. The molecule has 0 radical (unpaired) electrons. The minimum absolute atomic E-state index is 0.0569. The Kier molecular flexibility index (Phi) is 14.8. The number of anilines is 4. The summed E-state index contributed by atoms with van der Waals surface area (Å²) in [6.07, 6.45) is 8.84. The molecule has 4 aromatic carbocycles. The van der Waals surface area contributed by atoms with Crippen LogP contribution in [0.1, 0.15) is 0 Å². The first-order valence-electron chi connectivity index (χ1n) is 27.1. The number of nitrogens with two attached hydrogens (primary N) is 1. The highest BCUT2D eigenvalue weighted by atomic mass is 16.7. The van der Waals surface area contributed by atoms with Crippen molar-refractivity contribution in [3.63, 3.8) is 0 Å². The molecule has 4 aromatic rings. The molecule has 7 N–H and O–H groups in total. The van der Waals surface area contributed by atoms with Crippen molar-refractivity contribution in [3.8, 4) is 23.0 Å². The van der Waals surface area contributed by atoms with Gasteiger partial charge >= 0.3 is 29.8 Å². The van der Waals surface area contributed by atoms with Crippen LogP contribution in [0.25, 0.3) is 0 Å². The molecular weight excluding hydrogens is 1090 g/mol. The van der Waals surface area contributed by atoms with Crippen LogP contribution < -0.4 is 36.8 Å². The second-order valence-electron chi connectivity index (χ2n) is 21.9. The number of allylic oxidation sites excluding steroid dienone is 4. The van der Waals surface area contributed by atoms with Crippen molar-refractivity contribution in [1.82, 2.24) is 0 Å². The fraction of sp³-hybridized carbons (Fsp3) is 0.333. The molecule has 84 heavy (non-hydrogen) atoms. The fourth-order valence-corrected chi connectivity index (χ4v) is 14.1. The van der Waals surface area contributed by atoms with E-state index in [2.05, 4.69) is 21.6 Å². The van der Waals surface area contributed by atoms with Gasteiger partial charge in [-0.25, -0.2) is 0 Å². The number of cyclic esters (lactones) is 4. The highest BCUT2D eigenvalue weighted by Crippen LogP contribution is 2.56. The minimum Gasteiger partial charge on any atom is -0.481 e. The van der Waals surface area contributed by atoms with Crippen molar-refractivity contribution < 1.29 is 91.1 Å². The largest absolute Gasteiger partial charge is 0.481 e. The van der Waals surface area contributed by atoms with Gasteiger partial charge in [-0.05, 0) is 109 Å². The minimum atomic E-state index is -1.21. The normalized spacial score (nSPS) is 32.3. The third-order valence-electron chi connectivity index (χ3n) is 17.6. The maximum atomic E-state index is 14.0. The number of ether oxygens (including phenoxy) is 6. The standard InChI is InChI=1S/C60H53N5O19/c61-53(68)43-37-19-20-38(49-48(37)58(74)84-59(49)75)44(43)54(69)62-27-1-9-31(10-2-27)81-33-13-5-29(6-14-33)64-79-23-41-35-17-21-39(51(41)77-25-66)45(46(35)56(71)72)55(70)63-28-3-11-32(12-4-28)82-34-15-7-30(8-16-34)65-80-24-42-36-18-22-40(52(42)78-26-67)50-47(36)57(73)83-60(50)76/h1-22,25-26,35-52,64-65H,23-24H2,(H2,61,68)(H,62,69)(H,63,70)(H,71,72). The van der Waals surface area contributed by atoms with Crippen molar-refractivity contribution >= 4 is 83.3 Å². The Morgan fingerprint density at radius 1 is 0.452 bits per heavy atom. The number of carboxylic acids is 1. The van der Waals surface area contributed by atoms with E-state index in [-0.39, 0.29) is 19.7 Å². The summed E-state index contributed by atoms with van der Waals surface area (Å²) in [6, 6.07) is 26.4. The van der Waals surface area contributed by atoms with E-state index in [0.29, 0.717) is 52.2 Å². The number of esters is 4. The summed E-state index contributed by atoms with van der Waals surface area (Å²) < 4.78 is 32.8. The topological polar surface area (TPSA) is 339 Å². The van der Waals surface area contributed by atoms with E-state index < -0.39 is 154 Å². The highest BCUT2D eigenvalue weighted by Gasteiger charge is 2.65. The number of nitrogens with one attached hydrogen (secondary N) is 4. The Morgan fingerprint density at radius 2 is 0.798 bits per heavy atom. The number of carboxylic acid groups (broad SMARTS) is 1. The average Bonchev–Trinajstić information content (AvgIpc) is 1.81. The van der Waals surface area contributed by atoms with Crippen LogP contribution in [0.4, 0.5) is 22.7 Å². The van der Waals surface area contributed by atoms with Gasteiger partial charge in [-0.1, -0.05) is 36.5 Å². The Labute approximate surface area is 476 Å². The van der Waals surface area contributed by atoms with Gasteiger partial charge in [0.15, 0.2) is 0 Å². The van der Waals surface area contributed by atoms with E-state index >= 15 is 0 Å². The monoisotopic (exact) mass is 1150 g/mol. The number of fused-ring (bicyclic) bond motifs is 4. The SMILES string of the molecule is NC(=O)C1C2C=CC(C1C(=O)Nc1ccc(Oc3ccc(NOCC4C5C=CC(C4OC=O)C(C(=O)Nc4ccc(Oc6ccc(NOCC7C8C=CC(C7OC=O)C7C(=O)OC(=O)C87)cc6)cc4)C5C(=O)O)cc3)cc1)C1C(=O)OC(=O)C21. The predicted octanol–water partition coefficient (Wildman–Crippen LogP) is 4.96. The number of rotatable bonds is 22. The summed E-state index contributed by atoms with van der Waals surface area (Å²) in [7, 11) is 0. The van der Waals surface area contributed by atoms with Gasteiger partial charge in [0.1, 0.15) is 35.2 Å². The van der Waals surface area contributed by atoms with Gasteiger partial charge in [-0.3, -0.25) is 68.6 Å². The molecule has 2 heterocycles. The molecule has 3 saturated carbocycles. The molecule has 9 aliphatic carbocycles. The van der Waals surface area contributed by atoms with Crippen LogP contribution in [0.3, 0.4) is 0 Å². The molecule has 2 saturated heterocycles. The van der Waals surface area contributed by atoms with Gasteiger partial charge in [0, 0.05) is 46.9 Å². The molecule has 6 bridgehead atoms. The van der Waals surface area contributed by atoms with E-state index in [4.69, 9.17) is 43.8 Å². The van der Waals surface area contributed by atoms with Gasteiger partial charge in [-0.2, -0.15) is 0 Å². The lowest BCUT2D eigenvalue weighted by molar-refractivity contribution is -0.169. The number of carbonyl (C=O) groups is 10. The van der Waals surface area contributed by atoms with E-state index in [9.17, 15) is 53.1 Å². The summed E-state index contributed by atoms with van der Waals surface area (Å²) in [5.74, 6) is -16.4. The van der Waals surface area contributed by atoms with Gasteiger partial charge in [0.2, 0.25) is 17.7 Å². The molecule has 3 amide bonds. The molecule has 11 aliphatic rings. The number of hydrogen-bond donors (Lipinski definition) is 6. The molecule has 5 fully saturated rings. The lowest BCUT2D eigenvalue weighted by Gasteiger charge is -2.50. The van der Waals surface area contributed by atoms with Gasteiger partial charge in [0.25, 0.3) is 12.9 Å². The second kappa shape index (κ2) is 22.6. The fourth-order valence-electron chi connectivity index (χ4n) is 14.1. The quantitative estimate of drug-likeness (QED) is 0.0151. The maximum Gasteiger partial charge on any atom is 0.318 e. The molecule has 15 rings (SSSR count). The summed E-state index contributed by atoms with van der Waals surface area (Å²) in [5.41, 5.74) is 13.3. The van der Waals surface area contributed by atoms with E-state index in [1.807, 2.05) is 6.08 Å². The van der Waals surface area contributed by atoms with Crippen molar-refractivity contribution in [3.05, 3.63) is 134 Å². The van der Waals surface area contributed by atoms with Crippen molar-refractivity contribution in [2.75, 3.05) is 34.8 Å². The summed E-state index contributed by atoms with van der Waals surface area (Å²) in [4.78, 5) is 138. The van der Waals surface area contributed by atoms with E-state index in [0.717, 1.165) is 0 Å². The molecule has 0 spiro atoms. The maximum absolute atomic E-state index is 14.0. The van der Waals surface area contributed by atoms with Crippen LogP contribution in [0, 0.1) is 94.7 Å². The van der Waals surface area contributed by atoms with Crippen molar-refractivity contribution in [1.29, 1.82) is 0 Å². The molecule has 24 heteroatoms. The zero-order valence-corrected chi connectivity index (χ0v) is 44.0. The number of benzene rings is 4. The molecule has 18 unspecified atom stereocenters. The highest BCUT2D eigenvalue weighted by molar-refractivity contribution is 6.02. The number of hydrogen-bond acceptors (Lipinski definition) is 20. The molecule has 24 nitrogen and oxygen atoms in total. The first kappa shape index (κ1) is 54.9. The summed E-state index contributed by atoms with van der Waals surface area (Å²) >= 11 is 0. The lowest BCUT2D eigenvalue weighted by Crippen LogP contribution is -2.58. The number of primary amides is 1.